The summed E-state index contributed by atoms with van der Waals surface area (Å²) in [4.78, 5) is 16.1. The maximum absolute atomic E-state index is 13.2. The molecule has 0 saturated heterocycles. The fraction of sp³-hybridized carbons (Fsp3) is 0.238. The number of alkyl halides is 6. The van der Waals surface area contributed by atoms with Crippen LogP contribution in [0.5, 0.6) is 0 Å². The zero-order valence-corrected chi connectivity index (χ0v) is 17.4. The first kappa shape index (κ1) is 23.4. The summed E-state index contributed by atoms with van der Waals surface area (Å²) in [7, 11) is 0. The van der Waals surface area contributed by atoms with Gasteiger partial charge in [-0.05, 0) is 37.3 Å². The van der Waals surface area contributed by atoms with Gasteiger partial charge in [0, 0.05) is 18.4 Å². The lowest BCUT2D eigenvalue weighted by atomic mass is 10.2. The fourth-order valence-corrected chi connectivity index (χ4v) is 3.36. The second-order valence-corrected chi connectivity index (χ2v) is 7.25. The van der Waals surface area contributed by atoms with Gasteiger partial charge in [0.25, 0.3) is 0 Å². The molecule has 0 aromatic carbocycles. The van der Waals surface area contributed by atoms with Gasteiger partial charge >= 0.3 is 12.4 Å². The van der Waals surface area contributed by atoms with Gasteiger partial charge in [0.2, 0.25) is 0 Å². The highest BCUT2D eigenvalue weighted by molar-refractivity contribution is 5.91. The van der Waals surface area contributed by atoms with Gasteiger partial charge in [-0.1, -0.05) is 6.07 Å². The van der Waals surface area contributed by atoms with E-state index in [2.05, 4.69) is 25.3 Å². The fourth-order valence-electron chi connectivity index (χ4n) is 3.36. The summed E-state index contributed by atoms with van der Waals surface area (Å²) in [5, 5.41) is 12.5. The van der Waals surface area contributed by atoms with Crippen molar-refractivity contribution in [2.45, 2.75) is 25.8 Å². The third-order valence-electron chi connectivity index (χ3n) is 4.89. The predicted molar refractivity (Wildman–Crippen MR) is 110 cm³/mol. The van der Waals surface area contributed by atoms with Crippen molar-refractivity contribution >= 4 is 22.7 Å². The number of fused-ring (bicyclic) bond motifs is 1. The van der Waals surface area contributed by atoms with Crippen molar-refractivity contribution in [2.75, 3.05) is 11.9 Å². The van der Waals surface area contributed by atoms with E-state index in [-0.39, 0.29) is 42.0 Å². The van der Waals surface area contributed by atoms with Crippen LogP contribution in [0.1, 0.15) is 17.0 Å². The Morgan fingerprint density at radius 1 is 0.971 bits per heavy atom. The molecule has 7 nitrogen and oxygen atoms in total. The highest BCUT2D eigenvalue weighted by atomic mass is 19.4. The third kappa shape index (κ3) is 4.64. The summed E-state index contributed by atoms with van der Waals surface area (Å²) in [6.07, 6.45) is -8.33. The van der Waals surface area contributed by atoms with Gasteiger partial charge in [-0.3, -0.25) is 0 Å². The molecule has 34 heavy (non-hydrogen) atoms. The van der Waals surface area contributed by atoms with Crippen LogP contribution < -0.4 is 5.32 Å². The molecule has 0 radical (unpaired) electrons. The molecular formula is C21H16F6N6O. The number of aromatic nitrogens is 5. The highest BCUT2D eigenvalue weighted by Gasteiger charge is 2.33. The lowest BCUT2D eigenvalue weighted by Crippen LogP contribution is -2.10. The molecule has 4 aromatic rings. The number of nitrogens with zero attached hydrogens (tertiary/aromatic N) is 5. The molecule has 0 spiro atoms. The van der Waals surface area contributed by atoms with Gasteiger partial charge < -0.3 is 15.0 Å². The van der Waals surface area contributed by atoms with Crippen molar-refractivity contribution in [2.24, 2.45) is 0 Å². The second kappa shape index (κ2) is 8.56. The molecule has 4 heterocycles. The molecule has 0 bridgehead atoms. The van der Waals surface area contributed by atoms with Crippen molar-refractivity contribution < 1.29 is 31.4 Å². The smallest absolute Gasteiger partial charge is 0.395 e. The normalized spacial score (nSPS) is 12.4. The maximum atomic E-state index is 13.2. The van der Waals surface area contributed by atoms with E-state index in [1.165, 1.54) is 6.07 Å². The minimum atomic E-state index is -4.70. The van der Waals surface area contributed by atoms with E-state index in [0.29, 0.717) is 11.1 Å². The van der Waals surface area contributed by atoms with Crippen molar-refractivity contribution in [3.05, 3.63) is 59.5 Å². The van der Waals surface area contributed by atoms with Gasteiger partial charge in [0.15, 0.2) is 5.82 Å². The SMILES string of the molecule is Cc1cc2c(Nc3cc(C(F)(F)F)ccn3)nc(-c3cccc(C(F)(F)F)n3)nc2n1CCO. The number of aliphatic hydroxyl groups is 1. The Labute approximate surface area is 188 Å². The van der Waals surface area contributed by atoms with Crippen LogP contribution in [0.15, 0.2) is 42.6 Å². The molecule has 0 fully saturated rings. The Bertz CT molecular complexity index is 1350. The van der Waals surface area contributed by atoms with E-state index >= 15 is 0 Å². The Morgan fingerprint density at radius 2 is 1.74 bits per heavy atom. The van der Waals surface area contributed by atoms with E-state index in [4.69, 9.17) is 0 Å². The van der Waals surface area contributed by atoms with E-state index in [1.807, 2.05) is 0 Å². The Balaban J connectivity index is 1.89. The van der Waals surface area contributed by atoms with Crippen LogP contribution in [0.2, 0.25) is 0 Å². The summed E-state index contributed by atoms with van der Waals surface area (Å²) < 4.78 is 80.4. The van der Waals surface area contributed by atoms with Crippen LogP contribution in [0.3, 0.4) is 0 Å². The molecule has 2 N–H and O–H groups in total. The number of halogens is 6. The Kier molecular flexibility index (Phi) is 5.89. The molecule has 4 rings (SSSR count). The predicted octanol–water partition coefficient (Wildman–Crippen LogP) is 4.97. The van der Waals surface area contributed by atoms with Crippen molar-refractivity contribution in [1.82, 2.24) is 24.5 Å². The van der Waals surface area contributed by atoms with E-state index in [1.54, 1.807) is 17.6 Å². The number of hydrogen-bond acceptors (Lipinski definition) is 6. The molecule has 0 atom stereocenters. The summed E-state index contributed by atoms with van der Waals surface area (Å²) >= 11 is 0. The summed E-state index contributed by atoms with van der Waals surface area (Å²) in [6, 6.07) is 6.47. The lowest BCUT2D eigenvalue weighted by Gasteiger charge is -2.12. The number of anilines is 2. The topological polar surface area (TPSA) is 88.8 Å². The molecule has 178 valence electrons. The van der Waals surface area contributed by atoms with Gasteiger partial charge in [-0.15, -0.1) is 0 Å². The minimum Gasteiger partial charge on any atom is -0.395 e. The first-order valence-corrected chi connectivity index (χ1v) is 9.81. The molecule has 0 saturated carbocycles. The third-order valence-corrected chi connectivity index (χ3v) is 4.89. The van der Waals surface area contributed by atoms with E-state index in [9.17, 15) is 31.4 Å². The average Bonchev–Trinajstić information content (AvgIpc) is 3.09. The van der Waals surface area contributed by atoms with Gasteiger partial charge in [-0.25, -0.2) is 19.9 Å². The molecule has 13 heteroatoms. The van der Waals surface area contributed by atoms with Crippen molar-refractivity contribution in [1.29, 1.82) is 0 Å². The van der Waals surface area contributed by atoms with Crippen LogP contribution in [-0.2, 0) is 18.9 Å². The molecule has 0 amide bonds. The quantitative estimate of drug-likeness (QED) is 0.391. The highest BCUT2D eigenvalue weighted by Crippen LogP contribution is 2.33. The van der Waals surface area contributed by atoms with Crippen LogP contribution in [-0.4, -0.2) is 36.2 Å². The lowest BCUT2D eigenvalue weighted by molar-refractivity contribution is -0.141. The van der Waals surface area contributed by atoms with Crippen LogP contribution >= 0.6 is 0 Å². The second-order valence-electron chi connectivity index (χ2n) is 7.25. The standard InChI is InChI=1S/C21H16F6N6O/c1-11-9-13-17(30-16-10-12(5-6-28-16)20(22,23)24)31-18(32-19(13)33(11)7-8-34)14-3-2-4-15(29-14)21(25,26)27/h2-6,9-10,34H,7-8H2,1H3,(H,28,30,31,32). The number of pyridine rings is 2. The largest absolute Gasteiger partial charge is 0.433 e. The molecule has 0 aliphatic heterocycles. The summed E-state index contributed by atoms with van der Waals surface area (Å²) in [6.45, 7) is 1.60. The Hall–Kier alpha value is -3.74. The number of nitrogens with one attached hydrogen (secondary N) is 1. The van der Waals surface area contributed by atoms with Gasteiger partial charge in [0.05, 0.1) is 17.6 Å². The Morgan fingerprint density at radius 3 is 2.41 bits per heavy atom. The average molecular weight is 482 g/mol. The molecule has 4 aromatic heterocycles. The van der Waals surface area contributed by atoms with Gasteiger partial charge in [-0.2, -0.15) is 26.3 Å². The molecule has 0 unspecified atom stereocenters. The minimum absolute atomic E-state index is 0.0193. The number of rotatable bonds is 5. The van der Waals surface area contributed by atoms with Gasteiger partial charge in [0.1, 0.15) is 28.7 Å². The van der Waals surface area contributed by atoms with E-state index in [0.717, 1.165) is 30.5 Å². The maximum Gasteiger partial charge on any atom is 0.433 e. The van der Waals surface area contributed by atoms with Crippen LogP contribution in [0.4, 0.5) is 38.0 Å². The van der Waals surface area contributed by atoms with Crippen molar-refractivity contribution in [3.8, 4) is 11.5 Å². The zero-order chi connectivity index (χ0) is 24.7. The molecular weight excluding hydrogens is 466 g/mol. The monoisotopic (exact) mass is 482 g/mol. The molecule has 0 aliphatic rings. The van der Waals surface area contributed by atoms with E-state index < -0.39 is 23.6 Å². The number of aliphatic hydroxyl groups excluding tert-OH is 1. The summed E-state index contributed by atoms with van der Waals surface area (Å²) in [5.74, 6) is -0.346. The first-order chi connectivity index (χ1) is 16.0. The zero-order valence-electron chi connectivity index (χ0n) is 17.4. The number of aryl methyl sites for hydroxylation is 1. The van der Waals surface area contributed by atoms with Crippen LogP contribution in [0, 0.1) is 6.92 Å². The summed E-state index contributed by atoms with van der Waals surface area (Å²) in [5.41, 5.74) is -1.38. The first-order valence-electron chi connectivity index (χ1n) is 9.81. The van der Waals surface area contributed by atoms with Crippen LogP contribution in [0.25, 0.3) is 22.6 Å². The number of hydrogen-bond donors (Lipinski definition) is 2. The van der Waals surface area contributed by atoms with Crippen molar-refractivity contribution in [3.63, 3.8) is 0 Å². The molecule has 0 aliphatic carbocycles.